The van der Waals surface area contributed by atoms with Crippen molar-refractivity contribution in [2.45, 2.75) is 18.8 Å². The highest BCUT2D eigenvalue weighted by atomic mass is 19.1. The van der Waals surface area contributed by atoms with Gasteiger partial charge >= 0.3 is 0 Å². The average molecular weight is 307 g/mol. The van der Waals surface area contributed by atoms with Crippen LogP contribution < -0.4 is 5.32 Å². The van der Waals surface area contributed by atoms with Gasteiger partial charge < -0.3 is 5.32 Å². The van der Waals surface area contributed by atoms with Gasteiger partial charge in [0.2, 0.25) is 0 Å². The van der Waals surface area contributed by atoms with Gasteiger partial charge in [-0.25, -0.2) is 14.4 Å². The number of fused-ring (bicyclic) bond motifs is 1. The van der Waals surface area contributed by atoms with E-state index < -0.39 is 0 Å². The molecule has 4 rings (SSSR count). The van der Waals surface area contributed by atoms with E-state index in [1.165, 1.54) is 49.0 Å². The quantitative estimate of drug-likeness (QED) is 0.798. The van der Waals surface area contributed by atoms with Gasteiger partial charge in [-0.2, -0.15) is 0 Å². The molecule has 0 radical (unpaired) electrons. The Balaban J connectivity index is 1.70. The van der Waals surface area contributed by atoms with E-state index >= 15 is 0 Å². The van der Waals surface area contributed by atoms with E-state index in [1.807, 2.05) is 12.1 Å². The number of carbonyl (C=O) groups is 1. The molecule has 1 saturated carbocycles. The molecule has 1 amide bonds. The van der Waals surface area contributed by atoms with Gasteiger partial charge in [-0.3, -0.25) is 4.79 Å². The van der Waals surface area contributed by atoms with Crippen molar-refractivity contribution in [2.24, 2.45) is 0 Å². The predicted molar refractivity (Wildman–Crippen MR) is 85.9 cm³/mol. The summed E-state index contributed by atoms with van der Waals surface area (Å²) in [4.78, 5) is 20.9. The van der Waals surface area contributed by atoms with E-state index in [9.17, 15) is 9.18 Å². The molecule has 1 heterocycles. The van der Waals surface area contributed by atoms with Crippen molar-refractivity contribution in [3.05, 3.63) is 65.7 Å². The molecule has 1 aromatic heterocycles. The van der Waals surface area contributed by atoms with Crippen LogP contribution in [-0.2, 0) is 0 Å². The van der Waals surface area contributed by atoms with Crippen LogP contribution in [-0.4, -0.2) is 15.9 Å². The third-order valence-electron chi connectivity index (χ3n) is 4.05. The lowest BCUT2D eigenvalue weighted by Crippen LogP contribution is -2.13. The summed E-state index contributed by atoms with van der Waals surface area (Å²) in [5.74, 6) is 0.353. The molecule has 114 valence electrons. The van der Waals surface area contributed by atoms with Crippen LogP contribution in [0, 0.1) is 5.82 Å². The first-order valence-electron chi connectivity index (χ1n) is 7.53. The highest BCUT2D eigenvalue weighted by Gasteiger charge is 2.26. The summed E-state index contributed by atoms with van der Waals surface area (Å²) in [7, 11) is 0. The molecule has 4 nitrogen and oxygen atoms in total. The Morgan fingerprint density at radius 1 is 1.09 bits per heavy atom. The van der Waals surface area contributed by atoms with E-state index in [4.69, 9.17) is 0 Å². The van der Waals surface area contributed by atoms with Crippen LogP contribution in [0.1, 0.15) is 34.7 Å². The van der Waals surface area contributed by atoms with Crippen molar-refractivity contribution in [2.75, 3.05) is 5.32 Å². The number of carbonyl (C=O) groups excluding carboxylic acids is 1. The van der Waals surface area contributed by atoms with Gasteiger partial charge in [0.05, 0.1) is 5.52 Å². The fourth-order valence-electron chi connectivity index (χ4n) is 2.71. The SMILES string of the molecule is O=C(Nc1ncnc2c(C3CC3)cccc12)c1ccc(F)cc1. The largest absolute Gasteiger partial charge is 0.306 e. The molecule has 0 saturated heterocycles. The van der Waals surface area contributed by atoms with Gasteiger partial charge in [-0.05, 0) is 54.7 Å². The molecule has 0 aliphatic heterocycles. The van der Waals surface area contributed by atoms with Crippen molar-refractivity contribution in [1.29, 1.82) is 0 Å². The first-order valence-corrected chi connectivity index (χ1v) is 7.53. The number of rotatable bonds is 3. The Kier molecular flexibility index (Phi) is 3.26. The first kappa shape index (κ1) is 13.8. The fraction of sp³-hybridized carbons (Fsp3) is 0.167. The number of halogens is 1. The molecule has 23 heavy (non-hydrogen) atoms. The summed E-state index contributed by atoms with van der Waals surface area (Å²) < 4.78 is 13.0. The number of para-hydroxylation sites is 1. The molecule has 1 aliphatic carbocycles. The highest BCUT2D eigenvalue weighted by molar-refractivity contribution is 6.07. The van der Waals surface area contributed by atoms with Gasteiger partial charge in [0.25, 0.3) is 5.91 Å². The Morgan fingerprint density at radius 2 is 1.87 bits per heavy atom. The Bertz CT molecular complexity index is 888. The number of nitrogens with zero attached hydrogens (tertiary/aromatic N) is 2. The zero-order chi connectivity index (χ0) is 15.8. The molecule has 1 fully saturated rings. The molecule has 2 aromatic carbocycles. The molecule has 1 N–H and O–H groups in total. The molecule has 0 spiro atoms. The third-order valence-corrected chi connectivity index (χ3v) is 4.05. The normalized spacial score (nSPS) is 14.0. The number of hydrogen-bond donors (Lipinski definition) is 1. The fourth-order valence-corrected chi connectivity index (χ4v) is 2.71. The van der Waals surface area contributed by atoms with Crippen LogP contribution in [0.5, 0.6) is 0 Å². The summed E-state index contributed by atoms with van der Waals surface area (Å²) in [6, 6.07) is 11.4. The van der Waals surface area contributed by atoms with E-state index in [-0.39, 0.29) is 11.7 Å². The van der Waals surface area contributed by atoms with Crippen molar-refractivity contribution in [1.82, 2.24) is 9.97 Å². The van der Waals surface area contributed by atoms with E-state index in [1.54, 1.807) is 0 Å². The third kappa shape index (κ3) is 2.65. The molecule has 0 unspecified atom stereocenters. The Labute approximate surface area is 132 Å². The number of amides is 1. The van der Waals surface area contributed by atoms with Gasteiger partial charge in [-0.15, -0.1) is 0 Å². The lowest BCUT2D eigenvalue weighted by atomic mass is 10.1. The minimum Gasteiger partial charge on any atom is -0.306 e. The minimum atomic E-state index is -0.372. The molecule has 0 bridgehead atoms. The van der Waals surface area contributed by atoms with Gasteiger partial charge in [0, 0.05) is 10.9 Å². The first-order chi connectivity index (χ1) is 11.2. The summed E-state index contributed by atoms with van der Waals surface area (Å²) in [5, 5.41) is 3.62. The maximum absolute atomic E-state index is 13.0. The van der Waals surface area contributed by atoms with Crippen LogP contribution in [0.4, 0.5) is 10.2 Å². The Morgan fingerprint density at radius 3 is 2.61 bits per heavy atom. The predicted octanol–water partition coefficient (Wildman–Crippen LogP) is 3.90. The lowest BCUT2D eigenvalue weighted by molar-refractivity contribution is 0.102. The van der Waals surface area contributed by atoms with Crippen LogP contribution in [0.25, 0.3) is 10.9 Å². The summed E-state index contributed by atoms with van der Waals surface area (Å²) in [6.45, 7) is 0. The van der Waals surface area contributed by atoms with Crippen molar-refractivity contribution in [3.63, 3.8) is 0 Å². The van der Waals surface area contributed by atoms with E-state index in [2.05, 4.69) is 21.4 Å². The smallest absolute Gasteiger partial charge is 0.256 e. The van der Waals surface area contributed by atoms with E-state index in [0.717, 1.165) is 10.9 Å². The van der Waals surface area contributed by atoms with Gasteiger partial charge in [0.1, 0.15) is 18.0 Å². The standard InChI is InChI=1S/C18H14FN3O/c19-13-8-6-12(7-9-13)18(23)22-17-15-3-1-2-14(11-4-5-11)16(15)20-10-21-17/h1-3,6-11H,4-5H2,(H,20,21,22,23). The lowest BCUT2D eigenvalue weighted by Gasteiger charge is -2.09. The second kappa shape index (κ2) is 5.43. The number of aromatic nitrogens is 2. The zero-order valence-corrected chi connectivity index (χ0v) is 12.3. The molecule has 1 aliphatic rings. The molecule has 5 heteroatoms. The summed E-state index contributed by atoms with van der Waals surface area (Å²) in [5.41, 5.74) is 2.48. The topological polar surface area (TPSA) is 54.9 Å². The van der Waals surface area contributed by atoms with Crippen molar-refractivity contribution < 1.29 is 9.18 Å². The molecular formula is C18H14FN3O. The second-order valence-electron chi connectivity index (χ2n) is 5.70. The highest BCUT2D eigenvalue weighted by Crippen LogP contribution is 2.43. The number of nitrogens with one attached hydrogen (secondary N) is 1. The average Bonchev–Trinajstić information content (AvgIpc) is 3.40. The molecule has 3 aromatic rings. The van der Waals surface area contributed by atoms with Gasteiger partial charge in [0.15, 0.2) is 0 Å². The van der Waals surface area contributed by atoms with Crippen LogP contribution >= 0.6 is 0 Å². The van der Waals surface area contributed by atoms with Gasteiger partial charge in [-0.1, -0.05) is 12.1 Å². The number of anilines is 1. The Hall–Kier alpha value is -2.82. The van der Waals surface area contributed by atoms with Crippen molar-refractivity contribution in [3.8, 4) is 0 Å². The number of benzene rings is 2. The van der Waals surface area contributed by atoms with Crippen LogP contribution in [0.3, 0.4) is 0 Å². The van der Waals surface area contributed by atoms with Crippen LogP contribution in [0.15, 0.2) is 48.8 Å². The van der Waals surface area contributed by atoms with E-state index in [0.29, 0.717) is 17.3 Å². The number of hydrogen-bond acceptors (Lipinski definition) is 3. The summed E-state index contributed by atoms with van der Waals surface area (Å²) >= 11 is 0. The monoisotopic (exact) mass is 307 g/mol. The zero-order valence-electron chi connectivity index (χ0n) is 12.3. The minimum absolute atomic E-state index is 0.318. The molecular weight excluding hydrogens is 293 g/mol. The van der Waals surface area contributed by atoms with Crippen LogP contribution in [0.2, 0.25) is 0 Å². The van der Waals surface area contributed by atoms with Crippen molar-refractivity contribution >= 4 is 22.6 Å². The maximum atomic E-state index is 13.0. The maximum Gasteiger partial charge on any atom is 0.256 e. The molecule has 0 atom stereocenters. The summed E-state index contributed by atoms with van der Waals surface area (Å²) in [6.07, 6.45) is 3.83. The second-order valence-corrected chi connectivity index (χ2v) is 5.70.